The van der Waals surface area contributed by atoms with Gasteiger partial charge in [-0.15, -0.1) is 0 Å². The van der Waals surface area contributed by atoms with E-state index in [9.17, 15) is 18.8 Å². The minimum atomic E-state index is -0.698. The molecule has 1 aromatic heterocycles. The quantitative estimate of drug-likeness (QED) is 0.685. The lowest BCUT2D eigenvalue weighted by Gasteiger charge is -2.10. The van der Waals surface area contributed by atoms with E-state index in [1.165, 1.54) is 25.2 Å². The Hall–Kier alpha value is -3.55. The number of hydrogen-bond donors (Lipinski definition) is 2. The fraction of sp³-hybridized carbons (Fsp3) is 0.0588. The third-order valence-corrected chi connectivity index (χ3v) is 3.55. The van der Waals surface area contributed by atoms with Gasteiger partial charge in [0.2, 0.25) is 0 Å². The predicted molar refractivity (Wildman–Crippen MR) is 88.3 cm³/mol. The third-order valence-electron chi connectivity index (χ3n) is 3.55. The van der Waals surface area contributed by atoms with Crippen molar-refractivity contribution in [3.63, 3.8) is 0 Å². The molecule has 2 amide bonds. The van der Waals surface area contributed by atoms with Gasteiger partial charge in [-0.25, -0.2) is 9.07 Å². The number of carbonyl (C=O) groups is 2. The summed E-state index contributed by atoms with van der Waals surface area (Å²) in [5.74, 6) is -1.94. The van der Waals surface area contributed by atoms with Gasteiger partial charge in [0.1, 0.15) is 5.82 Å². The Morgan fingerprint density at radius 3 is 2.40 bits per heavy atom. The van der Waals surface area contributed by atoms with Crippen LogP contribution in [0.2, 0.25) is 0 Å². The second-order valence-electron chi connectivity index (χ2n) is 5.24. The van der Waals surface area contributed by atoms with Gasteiger partial charge in [-0.2, -0.15) is 5.10 Å². The molecule has 2 aromatic carbocycles. The van der Waals surface area contributed by atoms with Gasteiger partial charge >= 0.3 is 0 Å². The molecule has 25 heavy (non-hydrogen) atoms. The summed E-state index contributed by atoms with van der Waals surface area (Å²) in [6.07, 6.45) is 0. The van der Waals surface area contributed by atoms with Crippen molar-refractivity contribution in [1.82, 2.24) is 20.6 Å². The second kappa shape index (κ2) is 6.52. The van der Waals surface area contributed by atoms with E-state index in [-0.39, 0.29) is 16.8 Å². The minimum absolute atomic E-state index is 0.0164. The van der Waals surface area contributed by atoms with Crippen LogP contribution in [0.1, 0.15) is 20.8 Å². The van der Waals surface area contributed by atoms with Crippen LogP contribution in [0.3, 0.4) is 0 Å². The number of aryl methyl sites for hydroxylation is 1. The molecular weight excluding hydrogens is 327 g/mol. The van der Waals surface area contributed by atoms with Crippen molar-refractivity contribution in [2.45, 2.75) is 0 Å². The predicted octanol–water partition coefficient (Wildman–Crippen LogP) is 1.15. The Bertz CT molecular complexity index is 1050. The van der Waals surface area contributed by atoms with E-state index in [0.717, 1.165) is 10.7 Å². The normalized spacial score (nSPS) is 10.5. The van der Waals surface area contributed by atoms with Crippen LogP contribution in [0.15, 0.2) is 53.3 Å². The maximum Gasteiger partial charge on any atom is 0.290 e. The topological polar surface area (TPSA) is 93.1 Å². The Balaban J connectivity index is 1.85. The molecule has 126 valence electrons. The summed E-state index contributed by atoms with van der Waals surface area (Å²) in [6, 6.07) is 11.6. The van der Waals surface area contributed by atoms with E-state index < -0.39 is 17.6 Å². The Kier molecular flexibility index (Phi) is 4.25. The zero-order valence-electron chi connectivity index (χ0n) is 13.1. The van der Waals surface area contributed by atoms with Gasteiger partial charge < -0.3 is 0 Å². The summed E-state index contributed by atoms with van der Waals surface area (Å²) in [5, 5.41) is 4.65. The molecule has 0 aliphatic rings. The molecule has 1 heterocycles. The monoisotopic (exact) mass is 340 g/mol. The van der Waals surface area contributed by atoms with Crippen LogP contribution in [0, 0.1) is 5.82 Å². The van der Waals surface area contributed by atoms with Crippen LogP contribution >= 0.6 is 0 Å². The maximum atomic E-state index is 13.1. The molecular formula is C17H13FN4O3. The number of amides is 2. The van der Waals surface area contributed by atoms with Crippen molar-refractivity contribution in [1.29, 1.82) is 0 Å². The number of hydrogen-bond acceptors (Lipinski definition) is 4. The number of fused-ring (bicyclic) bond motifs is 1. The lowest BCUT2D eigenvalue weighted by atomic mass is 10.1. The number of aromatic nitrogens is 2. The van der Waals surface area contributed by atoms with Crippen LogP contribution in [-0.4, -0.2) is 21.6 Å². The Labute approximate surface area is 141 Å². The van der Waals surface area contributed by atoms with Crippen molar-refractivity contribution in [3.05, 3.63) is 76.0 Å². The molecule has 0 aliphatic carbocycles. The van der Waals surface area contributed by atoms with Gasteiger partial charge in [0, 0.05) is 18.0 Å². The summed E-state index contributed by atoms with van der Waals surface area (Å²) in [5.41, 5.74) is 4.11. The van der Waals surface area contributed by atoms with Crippen LogP contribution in [-0.2, 0) is 7.05 Å². The third kappa shape index (κ3) is 3.23. The molecule has 3 rings (SSSR count). The molecule has 0 aliphatic heterocycles. The van der Waals surface area contributed by atoms with E-state index in [2.05, 4.69) is 16.0 Å². The summed E-state index contributed by atoms with van der Waals surface area (Å²) >= 11 is 0. The molecule has 3 aromatic rings. The average molecular weight is 340 g/mol. The summed E-state index contributed by atoms with van der Waals surface area (Å²) in [7, 11) is 1.43. The first-order valence-corrected chi connectivity index (χ1v) is 7.29. The van der Waals surface area contributed by atoms with E-state index in [1.54, 1.807) is 24.3 Å². The molecule has 0 fully saturated rings. The molecule has 0 unspecified atom stereocenters. The highest BCUT2D eigenvalue weighted by Gasteiger charge is 2.16. The number of rotatable bonds is 2. The van der Waals surface area contributed by atoms with Crippen molar-refractivity contribution in [2.24, 2.45) is 7.05 Å². The molecule has 8 heteroatoms. The standard InChI is InChI=1S/C17H13FN4O3/c1-22-17(25)13-8-3-2-7-12(13)14(21-22)16(24)20-19-15(23)10-5-4-6-11(18)9-10/h2-9H,1H3,(H,19,23)(H,20,24). The molecule has 0 atom stereocenters. The number of nitrogens with one attached hydrogen (secondary N) is 2. The summed E-state index contributed by atoms with van der Waals surface area (Å²) < 4.78 is 14.2. The summed E-state index contributed by atoms with van der Waals surface area (Å²) in [6.45, 7) is 0. The lowest BCUT2D eigenvalue weighted by molar-refractivity contribution is 0.0843. The fourth-order valence-electron chi connectivity index (χ4n) is 2.34. The first-order valence-electron chi connectivity index (χ1n) is 7.29. The zero-order chi connectivity index (χ0) is 18.0. The molecule has 0 saturated carbocycles. The van der Waals surface area contributed by atoms with E-state index in [1.807, 2.05) is 0 Å². The van der Waals surface area contributed by atoms with Crippen LogP contribution in [0.4, 0.5) is 4.39 Å². The van der Waals surface area contributed by atoms with Crippen LogP contribution in [0.5, 0.6) is 0 Å². The first-order chi connectivity index (χ1) is 12.0. The van der Waals surface area contributed by atoms with Crippen molar-refractivity contribution < 1.29 is 14.0 Å². The zero-order valence-corrected chi connectivity index (χ0v) is 13.1. The van der Waals surface area contributed by atoms with Crippen molar-refractivity contribution >= 4 is 22.6 Å². The Morgan fingerprint density at radius 1 is 1.00 bits per heavy atom. The van der Waals surface area contributed by atoms with Gasteiger partial charge in [-0.1, -0.05) is 24.3 Å². The number of halogens is 1. The highest BCUT2D eigenvalue weighted by molar-refractivity contribution is 6.06. The van der Waals surface area contributed by atoms with Gasteiger partial charge in [0.15, 0.2) is 5.69 Å². The van der Waals surface area contributed by atoms with E-state index in [4.69, 9.17) is 0 Å². The highest BCUT2D eigenvalue weighted by Crippen LogP contribution is 2.12. The second-order valence-corrected chi connectivity index (χ2v) is 5.24. The highest BCUT2D eigenvalue weighted by atomic mass is 19.1. The van der Waals surface area contributed by atoms with Gasteiger partial charge in [-0.05, 0) is 24.3 Å². The molecule has 2 N–H and O–H groups in total. The SMILES string of the molecule is Cn1nc(C(=O)NNC(=O)c2cccc(F)c2)c2ccccc2c1=O. The van der Waals surface area contributed by atoms with Gasteiger partial charge in [0.25, 0.3) is 17.4 Å². The molecule has 0 radical (unpaired) electrons. The fourth-order valence-corrected chi connectivity index (χ4v) is 2.34. The van der Waals surface area contributed by atoms with E-state index >= 15 is 0 Å². The maximum absolute atomic E-state index is 13.1. The molecule has 7 nitrogen and oxygen atoms in total. The van der Waals surface area contributed by atoms with Gasteiger partial charge in [0.05, 0.1) is 5.39 Å². The number of carbonyl (C=O) groups excluding carboxylic acids is 2. The van der Waals surface area contributed by atoms with E-state index in [0.29, 0.717) is 10.8 Å². The Morgan fingerprint density at radius 2 is 1.68 bits per heavy atom. The number of benzene rings is 2. The smallest absolute Gasteiger partial charge is 0.267 e. The number of hydrazine groups is 1. The molecule has 0 spiro atoms. The summed E-state index contributed by atoms with van der Waals surface area (Å²) in [4.78, 5) is 36.3. The van der Waals surface area contributed by atoms with Crippen molar-refractivity contribution in [3.8, 4) is 0 Å². The lowest BCUT2D eigenvalue weighted by Crippen LogP contribution is -2.42. The van der Waals surface area contributed by atoms with Gasteiger partial charge in [-0.3, -0.25) is 25.2 Å². The van der Waals surface area contributed by atoms with Crippen molar-refractivity contribution in [2.75, 3.05) is 0 Å². The minimum Gasteiger partial charge on any atom is -0.267 e. The van der Waals surface area contributed by atoms with Crippen LogP contribution in [0.25, 0.3) is 10.8 Å². The average Bonchev–Trinajstić information content (AvgIpc) is 2.62. The van der Waals surface area contributed by atoms with Crippen LogP contribution < -0.4 is 16.4 Å². The number of nitrogens with zero attached hydrogens (tertiary/aromatic N) is 2. The first kappa shape index (κ1) is 16.3. The largest absolute Gasteiger partial charge is 0.290 e. The molecule has 0 saturated heterocycles. The molecule has 0 bridgehead atoms.